The summed E-state index contributed by atoms with van der Waals surface area (Å²) in [5.41, 5.74) is 2.16. The van der Waals surface area contributed by atoms with Crippen molar-refractivity contribution in [1.29, 1.82) is 0 Å². The van der Waals surface area contributed by atoms with Gasteiger partial charge in [-0.1, -0.05) is 0 Å². The molecule has 2 atom stereocenters. The molecule has 3 fully saturated rings. The lowest BCUT2D eigenvalue weighted by Gasteiger charge is -2.35. The highest BCUT2D eigenvalue weighted by atomic mass is 16.5. The Morgan fingerprint density at radius 3 is 2.35 bits per heavy atom. The first-order chi connectivity index (χ1) is 18.1. The molecule has 11 heteroatoms. The number of aromatic nitrogens is 4. The third-order valence-corrected chi connectivity index (χ3v) is 6.92. The van der Waals surface area contributed by atoms with Gasteiger partial charge in [0.15, 0.2) is 5.82 Å². The van der Waals surface area contributed by atoms with Gasteiger partial charge in [-0.3, -0.25) is 9.88 Å². The number of hydrogen-bond acceptors (Lipinski definition) is 9. The number of hydrogen-bond donors (Lipinski definition) is 2. The minimum absolute atomic E-state index is 0.242. The quantitative estimate of drug-likeness (QED) is 0.545. The number of carbonyl (C=O) groups is 1. The number of nitrogens with zero attached hydrogens (tertiary/aromatic N) is 7. The largest absolute Gasteiger partial charge is 0.371 e. The number of ether oxygens (including phenoxy) is 1. The zero-order chi connectivity index (χ0) is 25.2. The van der Waals surface area contributed by atoms with Gasteiger partial charge in [0.05, 0.1) is 30.8 Å². The molecule has 2 bridgehead atoms. The van der Waals surface area contributed by atoms with Crippen molar-refractivity contribution in [2.75, 3.05) is 60.3 Å². The van der Waals surface area contributed by atoms with E-state index in [1.165, 1.54) is 0 Å². The van der Waals surface area contributed by atoms with Crippen LogP contribution in [0.5, 0.6) is 0 Å². The molecular formula is C26H31N9O2. The molecule has 2 aromatic heterocycles. The molecule has 3 aromatic rings. The molecule has 3 aliphatic rings. The fraction of sp³-hybridized carbons (Fsp3) is 0.423. The van der Waals surface area contributed by atoms with E-state index in [1.807, 2.05) is 24.3 Å². The molecule has 192 valence electrons. The van der Waals surface area contributed by atoms with Crippen LogP contribution in [0.2, 0.25) is 0 Å². The number of morpholine rings is 1. The van der Waals surface area contributed by atoms with Gasteiger partial charge in [-0.05, 0) is 62.7 Å². The number of pyridine rings is 1. The predicted octanol–water partition coefficient (Wildman–Crippen LogP) is 3.04. The first-order valence-electron chi connectivity index (χ1n) is 12.8. The highest BCUT2D eigenvalue weighted by Gasteiger charge is 2.35. The molecule has 1 aromatic carbocycles. The van der Waals surface area contributed by atoms with Crippen molar-refractivity contribution < 1.29 is 9.53 Å². The molecule has 0 aliphatic carbocycles. The number of anilines is 4. The van der Waals surface area contributed by atoms with E-state index in [0.29, 0.717) is 29.1 Å². The molecule has 6 rings (SSSR count). The summed E-state index contributed by atoms with van der Waals surface area (Å²) in [6, 6.07) is 10.8. The van der Waals surface area contributed by atoms with E-state index in [2.05, 4.69) is 37.4 Å². The molecule has 2 amide bonds. The molecule has 3 aliphatic heterocycles. The molecule has 0 spiro atoms. The number of nitrogens with one attached hydrogen (secondary N) is 2. The number of urea groups is 1. The lowest BCUT2D eigenvalue weighted by Crippen LogP contribution is -2.45. The summed E-state index contributed by atoms with van der Waals surface area (Å²) in [6.45, 7) is 4.36. The van der Waals surface area contributed by atoms with Crippen LogP contribution in [0.25, 0.3) is 11.4 Å². The van der Waals surface area contributed by atoms with Gasteiger partial charge in [-0.15, -0.1) is 0 Å². The normalized spacial score (nSPS) is 21.6. The molecule has 0 radical (unpaired) electrons. The van der Waals surface area contributed by atoms with Crippen LogP contribution in [0.3, 0.4) is 0 Å². The Labute approximate surface area is 215 Å². The maximum absolute atomic E-state index is 12.4. The zero-order valence-electron chi connectivity index (χ0n) is 20.9. The predicted molar refractivity (Wildman–Crippen MR) is 142 cm³/mol. The molecule has 2 unspecified atom stereocenters. The van der Waals surface area contributed by atoms with Gasteiger partial charge in [0.1, 0.15) is 0 Å². The van der Waals surface area contributed by atoms with Crippen molar-refractivity contribution >= 4 is 29.3 Å². The Kier molecular flexibility index (Phi) is 6.54. The van der Waals surface area contributed by atoms with Gasteiger partial charge in [0.25, 0.3) is 0 Å². The Bertz CT molecular complexity index is 1230. The average molecular weight is 502 g/mol. The highest BCUT2D eigenvalue weighted by Crippen LogP contribution is 2.30. The number of rotatable bonds is 5. The average Bonchev–Trinajstić information content (AvgIpc) is 3.26. The molecule has 0 saturated carbocycles. The van der Waals surface area contributed by atoms with Crippen molar-refractivity contribution in [3.63, 3.8) is 0 Å². The fourth-order valence-corrected chi connectivity index (χ4v) is 5.10. The van der Waals surface area contributed by atoms with E-state index in [1.54, 1.807) is 24.5 Å². The van der Waals surface area contributed by atoms with Crippen LogP contribution in [0.15, 0.2) is 48.8 Å². The van der Waals surface area contributed by atoms with E-state index in [0.717, 1.165) is 57.7 Å². The van der Waals surface area contributed by atoms with Crippen molar-refractivity contribution in [1.82, 2.24) is 24.8 Å². The Balaban J connectivity index is 1.24. The third-order valence-electron chi connectivity index (χ3n) is 6.92. The molecule has 37 heavy (non-hydrogen) atoms. The molecular weight excluding hydrogens is 470 g/mol. The second-order valence-corrected chi connectivity index (χ2v) is 9.86. The summed E-state index contributed by atoms with van der Waals surface area (Å²) in [4.78, 5) is 37.8. The third kappa shape index (κ3) is 5.47. The molecule has 5 heterocycles. The van der Waals surface area contributed by atoms with Gasteiger partial charge < -0.3 is 25.2 Å². The smallest absolute Gasteiger partial charge is 0.323 e. The van der Waals surface area contributed by atoms with E-state index < -0.39 is 0 Å². The number of benzene rings is 1. The molecule has 3 saturated heterocycles. The Hall–Kier alpha value is -3.83. The van der Waals surface area contributed by atoms with E-state index in [9.17, 15) is 4.79 Å². The number of fused-ring (bicyclic) bond motifs is 2. The van der Waals surface area contributed by atoms with E-state index in [-0.39, 0.29) is 18.2 Å². The summed E-state index contributed by atoms with van der Waals surface area (Å²) in [5, 5.41) is 5.62. The highest BCUT2D eigenvalue weighted by molar-refractivity contribution is 5.99. The van der Waals surface area contributed by atoms with Crippen molar-refractivity contribution in [2.45, 2.75) is 31.5 Å². The van der Waals surface area contributed by atoms with Crippen molar-refractivity contribution in [2.24, 2.45) is 0 Å². The van der Waals surface area contributed by atoms with Crippen LogP contribution in [-0.2, 0) is 4.74 Å². The van der Waals surface area contributed by atoms with Gasteiger partial charge in [-0.25, -0.2) is 4.79 Å². The first kappa shape index (κ1) is 23.6. The second-order valence-electron chi connectivity index (χ2n) is 9.86. The summed E-state index contributed by atoms with van der Waals surface area (Å²) in [7, 11) is 2.12. The number of amides is 2. The van der Waals surface area contributed by atoms with Crippen molar-refractivity contribution in [3.8, 4) is 11.4 Å². The minimum atomic E-state index is -0.332. The zero-order valence-corrected chi connectivity index (χ0v) is 20.9. The summed E-state index contributed by atoms with van der Waals surface area (Å²) >= 11 is 0. The van der Waals surface area contributed by atoms with Crippen molar-refractivity contribution in [3.05, 3.63) is 48.8 Å². The minimum Gasteiger partial charge on any atom is -0.371 e. The van der Waals surface area contributed by atoms with Crippen LogP contribution >= 0.6 is 0 Å². The van der Waals surface area contributed by atoms with Gasteiger partial charge in [0, 0.05) is 43.6 Å². The maximum atomic E-state index is 12.4. The molecule has 11 nitrogen and oxygen atoms in total. The first-order valence-corrected chi connectivity index (χ1v) is 12.8. The lowest BCUT2D eigenvalue weighted by atomic mass is 10.2. The standard InChI is InChI=1S/C26H31N9O2/c1-33-12-3-13-34(17-33)24-30-23(31-25(32-24)35-15-21-9-10-22(16-35)37-21)18-5-7-19(8-6-18)28-26(36)29-20-4-2-11-27-14-20/h2,4-8,11,14,21-22H,3,9-10,12-13,15-17H2,1H3,(H2,28,29,36). The van der Waals surface area contributed by atoms with Crippen LogP contribution < -0.4 is 20.4 Å². The summed E-state index contributed by atoms with van der Waals surface area (Å²) in [6.07, 6.45) is 6.98. The van der Waals surface area contributed by atoms with Crippen LogP contribution in [0, 0.1) is 0 Å². The summed E-state index contributed by atoms with van der Waals surface area (Å²) < 4.78 is 6.03. The van der Waals surface area contributed by atoms with E-state index in [4.69, 9.17) is 19.7 Å². The Morgan fingerprint density at radius 1 is 0.919 bits per heavy atom. The van der Waals surface area contributed by atoms with Crippen LogP contribution in [0.1, 0.15) is 19.3 Å². The lowest BCUT2D eigenvalue weighted by molar-refractivity contribution is 0.0299. The second kappa shape index (κ2) is 10.3. The SMILES string of the molecule is CN1CCCN(c2nc(-c3ccc(NC(=O)Nc4cccnc4)cc3)nc(N3CC4CCC(C3)O4)n2)C1. The van der Waals surface area contributed by atoms with Gasteiger partial charge in [0.2, 0.25) is 11.9 Å². The van der Waals surface area contributed by atoms with Gasteiger partial charge in [-0.2, -0.15) is 15.0 Å². The topological polar surface area (TPSA) is 112 Å². The summed E-state index contributed by atoms with van der Waals surface area (Å²) in [5.74, 6) is 2.02. The van der Waals surface area contributed by atoms with Gasteiger partial charge >= 0.3 is 6.03 Å². The number of carbonyl (C=O) groups excluding carboxylic acids is 1. The fourth-order valence-electron chi connectivity index (χ4n) is 5.10. The van der Waals surface area contributed by atoms with Crippen LogP contribution in [-0.4, -0.2) is 83.0 Å². The molecule has 2 N–H and O–H groups in total. The van der Waals surface area contributed by atoms with E-state index >= 15 is 0 Å². The van der Waals surface area contributed by atoms with Crippen LogP contribution in [0.4, 0.5) is 28.1 Å². The Morgan fingerprint density at radius 2 is 1.65 bits per heavy atom. The maximum Gasteiger partial charge on any atom is 0.323 e. The monoisotopic (exact) mass is 501 g/mol.